The minimum Gasteiger partial charge on any atom is -0.478 e. The number of carboxylic acids is 1. The Kier molecular flexibility index (Phi) is 6.06. The first kappa shape index (κ1) is 22.4. The van der Waals surface area contributed by atoms with Gasteiger partial charge in [-0.2, -0.15) is 0 Å². The van der Waals surface area contributed by atoms with E-state index in [9.17, 15) is 14.4 Å². The molecule has 2 unspecified atom stereocenters. The monoisotopic (exact) mass is 468 g/mol. The van der Waals surface area contributed by atoms with E-state index in [4.69, 9.17) is 9.84 Å². The van der Waals surface area contributed by atoms with Gasteiger partial charge in [0.05, 0.1) is 17.5 Å². The van der Waals surface area contributed by atoms with Crippen molar-refractivity contribution in [2.75, 3.05) is 11.9 Å². The van der Waals surface area contributed by atoms with Crippen LogP contribution in [0.25, 0.3) is 11.1 Å². The molecule has 0 aromatic heterocycles. The van der Waals surface area contributed by atoms with E-state index in [0.29, 0.717) is 12.1 Å². The molecule has 2 amide bonds. The van der Waals surface area contributed by atoms with E-state index < -0.39 is 18.0 Å². The van der Waals surface area contributed by atoms with Crippen molar-refractivity contribution in [1.82, 2.24) is 5.32 Å². The van der Waals surface area contributed by atoms with Gasteiger partial charge in [-0.25, -0.2) is 9.59 Å². The lowest BCUT2D eigenvalue weighted by Crippen LogP contribution is -2.35. The number of hydrogen-bond donors (Lipinski definition) is 3. The Morgan fingerprint density at radius 1 is 0.857 bits per heavy atom. The van der Waals surface area contributed by atoms with Crippen molar-refractivity contribution in [2.24, 2.45) is 5.92 Å². The molecule has 0 saturated heterocycles. The molecule has 3 N–H and O–H groups in total. The maximum atomic E-state index is 12.6. The molecule has 2 atom stereocenters. The Bertz CT molecular complexity index is 1270. The molecule has 5 rings (SSSR count). The Balaban J connectivity index is 1.13. The van der Waals surface area contributed by atoms with Gasteiger partial charge in [-0.05, 0) is 52.9 Å². The van der Waals surface area contributed by atoms with Gasteiger partial charge in [0.25, 0.3) is 0 Å². The molecule has 0 fully saturated rings. The Morgan fingerprint density at radius 2 is 1.49 bits per heavy atom. The Hall–Kier alpha value is -4.39. The molecule has 176 valence electrons. The second-order valence-electron chi connectivity index (χ2n) is 8.68. The number of hydrogen-bond acceptors (Lipinski definition) is 4. The molecule has 3 aromatic rings. The van der Waals surface area contributed by atoms with Gasteiger partial charge < -0.3 is 20.5 Å². The molecule has 0 spiro atoms. The minimum atomic E-state index is -1.02. The summed E-state index contributed by atoms with van der Waals surface area (Å²) in [5.74, 6) is -1.67. The number of carbonyl (C=O) groups excluding carboxylic acids is 2. The predicted molar refractivity (Wildman–Crippen MR) is 131 cm³/mol. The second-order valence-corrected chi connectivity index (χ2v) is 8.68. The van der Waals surface area contributed by atoms with Crippen molar-refractivity contribution in [3.63, 3.8) is 0 Å². The average molecular weight is 469 g/mol. The van der Waals surface area contributed by atoms with Gasteiger partial charge in [0.1, 0.15) is 6.61 Å². The van der Waals surface area contributed by atoms with Gasteiger partial charge in [-0.3, -0.25) is 4.79 Å². The molecule has 2 aliphatic carbocycles. The molecule has 3 aromatic carbocycles. The average Bonchev–Trinajstić information content (AvgIpc) is 3.46. The van der Waals surface area contributed by atoms with Crippen LogP contribution in [0.5, 0.6) is 0 Å². The largest absolute Gasteiger partial charge is 0.478 e. The normalized spacial score (nSPS) is 17.9. The fraction of sp³-hybridized carbons (Fsp3) is 0.179. The molecular weight excluding hydrogens is 444 g/mol. The highest BCUT2D eigenvalue weighted by Crippen LogP contribution is 2.44. The summed E-state index contributed by atoms with van der Waals surface area (Å²) in [6, 6.07) is 22.0. The third kappa shape index (κ3) is 4.66. The van der Waals surface area contributed by atoms with Crippen LogP contribution in [0.15, 0.2) is 84.9 Å². The van der Waals surface area contributed by atoms with Gasteiger partial charge in [-0.15, -0.1) is 0 Å². The highest BCUT2D eigenvalue weighted by molar-refractivity contribution is 5.95. The van der Waals surface area contributed by atoms with Gasteiger partial charge in [-0.1, -0.05) is 60.7 Å². The summed E-state index contributed by atoms with van der Waals surface area (Å²) in [5, 5.41) is 14.6. The lowest BCUT2D eigenvalue weighted by molar-refractivity contribution is -0.118. The number of rotatable bonds is 6. The summed E-state index contributed by atoms with van der Waals surface area (Å²) in [5.41, 5.74) is 5.30. The minimum absolute atomic E-state index is 0.0155. The number of ether oxygens (including phenoxy) is 1. The number of benzene rings is 3. The number of anilines is 1. The van der Waals surface area contributed by atoms with Crippen LogP contribution in [-0.2, 0) is 9.53 Å². The first-order valence-electron chi connectivity index (χ1n) is 11.4. The van der Waals surface area contributed by atoms with Crippen LogP contribution < -0.4 is 10.6 Å². The zero-order valence-electron chi connectivity index (χ0n) is 18.8. The second kappa shape index (κ2) is 9.46. The van der Waals surface area contributed by atoms with Crippen LogP contribution >= 0.6 is 0 Å². The number of carboxylic acid groups (broad SMARTS) is 1. The smallest absolute Gasteiger partial charge is 0.407 e. The molecule has 7 heteroatoms. The van der Waals surface area contributed by atoms with Crippen LogP contribution in [0, 0.1) is 5.92 Å². The fourth-order valence-corrected chi connectivity index (χ4v) is 4.72. The molecule has 7 nitrogen and oxygen atoms in total. The summed E-state index contributed by atoms with van der Waals surface area (Å²) in [4.78, 5) is 36.1. The predicted octanol–water partition coefficient (Wildman–Crippen LogP) is 4.81. The van der Waals surface area contributed by atoms with Crippen molar-refractivity contribution < 1.29 is 24.2 Å². The topological polar surface area (TPSA) is 105 Å². The van der Waals surface area contributed by atoms with Crippen LogP contribution in [-0.4, -0.2) is 35.7 Å². The van der Waals surface area contributed by atoms with E-state index in [1.807, 2.05) is 24.3 Å². The van der Waals surface area contributed by atoms with Crippen LogP contribution in [0.1, 0.15) is 33.8 Å². The number of aromatic carboxylic acids is 1. The van der Waals surface area contributed by atoms with E-state index in [-0.39, 0.29) is 30.0 Å². The molecular formula is C28H24N2O5. The van der Waals surface area contributed by atoms with E-state index in [2.05, 4.69) is 34.9 Å². The molecule has 0 bridgehead atoms. The van der Waals surface area contributed by atoms with Crippen molar-refractivity contribution in [1.29, 1.82) is 0 Å². The lowest BCUT2D eigenvalue weighted by atomic mass is 9.98. The first-order chi connectivity index (χ1) is 17.0. The number of amides is 2. The van der Waals surface area contributed by atoms with E-state index >= 15 is 0 Å². The zero-order chi connectivity index (χ0) is 24.4. The first-order valence-corrected chi connectivity index (χ1v) is 11.4. The molecule has 0 saturated carbocycles. The van der Waals surface area contributed by atoms with Gasteiger partial charge in [0.2, 0.25) is 5.91 Å². The SMILES string of the molecule is O=C(NC1C=CC(C(=O)Nc2ccc(C(=O)O)cc2)C1)OCC1c2ccccc2-c2ccccc21. The highest BCUT2D eigenvalue weighted by atomic mass is 16.5. The van der Waals surface area contributed by atoms with Crippen molar-refractivity contribution >= 4 is 23.7 Å². The van der Waals surface area contributed by atoms with Crippen LogP contribution in [0.2, 0.25) is 0 Å². The summed E-state index contributed by atoms with van der Waals surface area (Å²) in [6.07, 6.45) is 3.45. The summed E-state index contributed by atoms with van der Waals surface area (Å²) in [7, 11) is 0. The van der Waals surface area contributed by atoms with Crippen LogP contribution in [0.3, 0.4) is 0 Å². The maximum Gasteiger partial charge on any atom is 0.407 e. The van der Waals surface area contributed by atoms with Gasteiger partial charge in [0, 0.05) is 11.6 Å². The standard InChI is InChI=1S/C28H24N2O5/c31-26(29-19-12-9-17(10-13-19)27(32)33)18-11-14-20(15-18)30-28(34)35-16-25-23-7-3-1-5-21(23)22-6-2-4-8-24(22)25/h1-14,18,20,25H,15-16H2,(H,29,31)(H,30,34)(H,32,33). The molecule has 0 aliphatic heterocycles. The fourth-order valence-electron chi connectivity index (χ4n) is 4.72. The molecule has 2 aliphatic rings. The third-order valence-corrected chi connectivity index (χ3v) is 6.47. The summed E-state index contributed by atoms with van der Waals surface area (Å²) >= 11 is 0. The van der Waals surface area contributed by atoms with Gasteiger partial charge in [0.15, 0.2) is 0 Å². The van der Waals surface area contributed by atoms with Crippen molar-refractivity contribution in [3.05, 3.63) is 102 Å². The molecule has 35 heavy (non-hydrogen) atoms. The number of fused-ring (bicyclic) bond motifs is 3. The quantitative estimate of drug-likeness (QED) is 0.451. The Labute approximate surface area is 202 Å². The summed E-state index contributed by atoms with van der Waals surface area (Å²) < 4.78 is 5.59. The summed E-state index contributed by atoms with van der Waals surface area (Å²) in [6.45, 7) is 0.229. The molecule has 0 heterocycles. The van der Waals surface area contributed by atoms with Crippen molar-refractivity contribution in [3.8, 4) is 11.1 Å². The number of carbonyl (C=O) groups is 3. The highest BCUT2D eigenvalue weighted by Gasteiger charge is 2.30. The zero-order valence-corrected chi connectivity index (χ0v) is 18.8. The number of nitrogens with one attached hydrogen (secondary N) is 2. The van der Waals surface area contributed by atoms with Gasteiger partial charge >= 0.3 is 12.1 Å². The maximum absolute atomic E-state index is 12.6. The third-order valence-electron chi connectivity index (χ3n) is 6.47. The van der Waals surface area contributed by atoms with Crippen LogP contribution in [0.4, 0.5) is 10.5 Å². The lowest BCUT2D eigenvalue weighted by Gasteiger charge is -2.17. The van der Waals surface area contributed by atoms with E-state index in [1.54, 1.807) is 24.3 Å². The number of alkyl carbamates (subject to hydrolysis) is 1. The Morgan fingerprint density at radius 3 is 2.11 bits per heavy atom. The van der Waals surface area contributed by atoms with Crippen molar-refractivity contribution in [2.45, 2.75) is 18.4 Å². The molecule has 0 radical (unpaired) electrons. The van der Waals surface area contributed by atoms with E-state index in [0.717, 1.165) is 11.1 Å². The van der Waals surface area contributed by atoms with E-state index in [1.165, 1.54) is 23.3 Å².